The average Bonchev–Trinajstić information content (AvgIpc) is 2.85. The summed E-state index contributed by atoms with van der Waals surface area (Å²) in [5.41, 5.74) is 3.08. The van der Waals surface area contributed by atoms with Crippen LogP contribution in [-0.4, -0.2) is 32.9 Å². The van der Waals surface area contributed by atoms with Crippen molar-refractivity contribution < 1.29 is 4.74 Å². The first-order valence-electron chi connectivity index (χ1n) is 6.49. The molecule has 0 bridgehead atoms. The summed E-state index contributed by atoms with van der Waals surface area (Å²) < 4.78 is 7.29. The summed E-state index contributed by atoms with van der Waals surface area (Å²) in [5.74, 6) is 1.60. The number of aromatic nitrogens is 4. The van der Waals surface area contributed by atoms with E-state index in [9.17, 15) is 0 Å². The minimum Gasteiger partial charge on any atom is -0.376 e. The summed E-state index contributed by atoms with van der Waals surface area (Å²) in [7, 11) is 1.90. The summed E-state index contributed by atoms with van der Waals surface area (Å²) >= 11 is 0. The Morgan fingerprint density at radius 1 is 1.42 bits per heavy atom. The molecule has 2 aromatic rings. The van der Waals surface area contributed by atoms with Gasteiger partial charge in [-0.25, -0.2) is 9.97 Å². The second-order valence-corrected chi connectivity index (χ2v) is 4.49. The van der Waals surface area contributed by atoms with Crippen molar-refractivity contribution in [1.29, 1.82) is 0 Å². The van der Waals surface area contributed by atoms with Gasteiger partial charge in [0.2, 0.25) is 0 Å². The predicted octanol–water partition coefficient (Wildman–Crippen LogP) is 1.38. The molecular weight excluding hydrogens is 242 g/mol. The number of nitrogens with one attached hydrogen (secondary N) is 1. The largest absolute Gasteiger partial charge is 0.376 e. The van der Waals surface area contributed by atoms with E-state index in [0.29, 0.717) is 6.61 Å². The molecule has 6 heteroatoms. The molecule has 1 aliphatic rings. The van der Waals surface area contributed by atoms with Gasteiger partial charge in [-0.15, -0.1) is 0 Å². The fourth-order valence-electron chi connectivity index (χ4n) is 2.25. The molecule has 6 nitrogen and oxygen atoms in total. The fourth-order valence-corrected chi connectivity index (χ4v) is 2.25. The molecule has 0 saturated carbocycles. The first-order valence-corrected chi connectivity index (χ1v) is 6.49. The topological polar surface area (TPSA) is 64.9 Å². The summed E-state index contributed by atoms with van der Waals surface area (Å²) in [6.07, 6.45) is 2.59. The minimum absolute atomic E-state index is 0.587. The number of aryl methyl sites for hydroxylation is 1. The van der Waals surface area contributed by atoms with Crippen molar-refractivity contribution in [3.63, 3.8) is 0 Å². The van der Waals surface area contributed by atoms with E-state index >= 15 is 0 Å². The molecule has 0 saturated heterocycles. The van der Waals surface area contributed by atoms with Gasteiger partial charge < -0.3 is 10.1 Å². The molecule has 0 unspecified atom stereocenters. The molecule has 0 atom stereocenters. The molecule has 0 radical (unpaired) electrons. The predicted molar refractivity (Wildman–Crippen MR) is 71.8 cm³/mol. The van der Waals surface area contributed by atoms with E-state index in [1.807, 2.05) is 13.1 Å². The van der Waals surface area contributed by atoms with Gasteiger partial charge >= 0.3 is 0 Å². The van der Waals surface area contributed by atoms with Crippen molar-refractivity contribution >= 4 is 5.82 Å². The monoisotopic (exact) mass is 259 g/mol. The summed E-state index contributed by atoms with van der Waals surface area (Å²) in [4.78, 5) is 9.28. The summed E-state index contributed by atoms with van der Waals surface area (Å²) in [6.45, 7) is 4.19. The second kappa shape index (κ2) is 4.97. The van der Waals surface area contributed by atoms with Gasteiger partial charge in [0.25, 0.3) is 0 Å². The van der Waals surface area contributed by atoms with Crippen molar-refractivity contribution in [2.24, 2.45) is 7.05 Å². The Morgan fingerprint density at radius 3 is 3.05 bits per heavy atom. The smallest absolute Gasteiger partial charge is 0.180 e. The van der Waals surface area contributed by atoms with Gasteiger partial charge in [0.05, 0.1) is 18.9 Å². The lowest BCUT2D eigenvalue weighted by molar-refractivity contribution is 0.109. The number of nitrogens with zero attached hydrogens (tertiary/aromatic N) is 4. The highest BCUT2D eigenvalue weighted by Gasteiger charge is 2.19. The van der Waals surface area contributed by atoms with Crippen LogP contribution in [0.3, 0.4) is 0 Å². The second-order valence-electron chi connectivity index (χ2n) is 4.49. The van der Waals surface area contributed by atoms with Crippen molar-refractivity contribution in [1.82, 2.24) is 19.7 Å². The molecule has 3 heterocycles. The van der Waals surface area contributed by atoms with Gasteiger partial charge in [0.1, 0.15) is 11.5 Å². The first-order chi connectivity index (χ1) is 9.29. The van der Waals surface area contributed by atoms with E-state index in [-0.39, 0.29) is 0 Å². The van der Waals surface area contributed by atoms with E-state index in [2.05, 4.69) is 27.3 Å². The van der Waals surface area contributed by atoms with Crippen LogP contribution in [0.4, 0.5) is 5.82 Å². The first kappa shape index (κ1) is 12.1. The Bertz CT molecular complexity index is 593. The van der Waals surface area contributed by atoms with Crippen LogP contribution in [0.1, 0.15) is 18.2 Å². The Hall–Kier alpha value is -1.95. The fraction of sp³-hybridized carbons (Fsp3) is 0.462. The van der Waals surface area contributed by atoms with E-state index < -0.39 is 0 Å². The molecule has 1 N–H and O–H groups in total. The Labute approximate surface area is 111 Å². The van der Waals surface area contributed by atoms with Crippen LogP contribution in [-0.2, 0) is 24.8 Å². The quantitative estimate of drug-likeness (QED) is 0.902. The van der Waals surface area contributed by atoms with Crippen LogP contribution < -0.4 is 5.32 Å². The Balaban J connectivity index is 2.11. The van der Waals surface area contributed by atoms with Gasteiger partial charge in [-0.2, -0.15) is 5.10 Å². The Morgan fingerprint density at radius 2 is 2.32 bits per heavy atom. The van der Waals surface area contributed by atoms with Crippen LogP contribution in [0, 0.1) is 0 Å². The maximum Gasteiger partial charge on any atom is 0.180 e. The van der Waals surface area contributed by atoms with Crippen LogP contribution >= 0.6 is 0 Å². The van der Waals surface area contributed by atoms with Gasteiger partial charge in [0, 0.05) is 31.8 Å². The van der Waals surface area contributed by atoms with E-state index in [1.54, 1.807) is 10.9 Å². The highest BCUT2D eigenvalue weighted by Crippen LogP contribution is 2.25. The van der Waals surface area contributed by atoms with Crippen LogP contribution in [0.25, 0.3) is 11.5 Å². The number of rotatable bonds is 3. The number of anilines is 1. The zero-order valence-electron chi connectivity index (χ0n) is 11.2. The molecule has 1 aliphatic heterocycles. The number of ether oxygens (including phenoxy) is 1. The Kier molecular flexibility index (Phi) is 3.16. The molecule has 3 rings (SSSR count). The zero-order chi connectivity index (χ0) is 13.2. The van der Waals surface area contributed by atoms with Crippen LogP contribution in [0.2, 0.25) is 0 Å². The molecular formula is C13H17N5O. The molecule has 100 valence electrons. The lowest BCUT2D eigenvalue weighted by atomic mass is 10.1. The molecule has 0 spiro atoms. The maximum atomic E-state index is 5.50. The summed E-state index contributed by atoms with van der Waals surface area (Å²) in [5, 5.41) is 7.47. The van der Waals surface area contributed by atoms with Crippen molar-refractivity contribution in [3.05, 3.63) is 23.5 Å². The minimum atomic E-state index is 0.587. The third kappa shape index (κ3) is 2.19. The van der Waals surface area contributed by atoms with E-state index in [0.717, 1.165) is 48.2 Å². The normalized spacial score (nSPS) is 14.2. The standard InChI is InChI=1S/C13H17N5O/c1-3-14-12-9-8-19-7-5-10(9)16-13(17-12)11-4-6-15-18(11)2/h4,6H,3,5,7-8H2,1-2H3,(H,14,16,17). The van der Waals surface area contributed by atoms with E-state index in [1.165, 1.54) is 0 Å². The van der Waals surface area contributed by atoms with Gasteiger partial charge in [-0.3, -0.25) is 4.68 Å². The number of fused-ring (bicyclic) bond motifs is 1. The van der Waals surface area contributed by atoms with Gasteiger partial charge in [-0.1, -0.05) is 0 Å². The molecule has 2 aromatic heterocycles. The molecule has 0 fully saturated rings. The lowest BCUT2D eigenvalue weighted by Crippen LogP contribution is -2.17. The van der Waals surface area contributed by atoms with Gasteiger partial charge in [-0.05, 0) is 13.0 Å². The molecule has 0 aromatic carbocycles. The van der Waals surface area contributed by atoms with Crippen molar-refractivity contribution in [3.8, 4) is 11.5 Å². The average molecular weight is 259 g/mol. The molecule has 0 amide bonds. The summed E-state index contributed by atoms with van der Waals surface area (Å²) in [6, 6.07) is 1.93. The third-order valence-electron chi connectivity index (χ3n) is 3.22. The van der Waals surface area contributed by atoms with Crippen molar-refractivity contribution in [2.45, 2.75) is 20.0 Å². The van der Waals surface area contributed by atoms with Crippen LogP contribution in [0.15, 0.2) is 12.3 Å². The van der Waals surface area contributed by atoms with E-state index in [4.69, 9.17) is 4.74 Å². The maximum absolute atomic E-state index is 5.50. The zero-order valence-corrected chi connectivity index (χ0v) is 11.2. The molecule has 19 heavy (non-hydrogen) atoms. The van der Waals surface area contributed by atoms with Crippen molar-refractivity contribution in [2.75, 3.05) is 18.5 Å². The highest BCUT2D eigenvalue weighted by atomic mass is 16.5. The highest BCUT2D eigenvalue weighted by molar-refractivity contribution is 5.57. The number of hydrogen-bond donors (Lipinski definition) is 1. The lowest BCUT2D eigenvalue weighted by Gasteiger charge is -2.19. The number of hydrogen-bond acceptors (Lipinski definition) is 5. The molecule has 0 aliphatic carbocycles. The van der Waals surface area contributed by atoms with Crippen LogP contribution in [0.5, 0.6) is 0 Å². The SMILES string of the molecule is CCNc1nc(-c2ccnn2C)nc2c1COCC2. The third-order valence-corrected chi connectivity index (χ3v) is 3.22. The van der Waals surface area contributed by atoms with Gasteiger partial charge in [0.15, 0.2) is 5.82 Å².